The molecule has 0 saturated carbocycles. The number of anilines is 1. The summed E-state index contributed by atoms with van der Waals surface area (Å²) in [5, 5.41) is 19.9. The minimum atomic E-state index is -0.934. The predicted molar refractivity (Wildman–Crippen MR) is 116 cm³/mol. The largest absolute Gasteiger partial charge is 0.481 e. The number of aliphatic carboxylic acids is 1. The van der Waals surface area contributed by atoms with Crippen molar-refractivity contribution in [2.75, 3.05) is 4.90 Å². The van der Waals surface area contributed by atoms with Gasteiger partial charge in [-0.15, -0.1) is 0 Å². The zero-order valence-corrected chi connectivity index (χ0v) is 16.5. The van der Waals surface area contributed by atoms with Gasteiger partial charge in [-0.2, -0.15) is 0 Å². The summed E-state index contributed by atoms with van der Waals surface area (Å²) >= 11 is 6.42. The molecule has 0 unspecified atom stereocenters. The minimum absolute atomic E-state index is 0.0221. The molecule has 0 atom stereocenters. The number of nitro benzene ring substituents is 1. The lowest BCUT2D eigenvalue weighted by atomic mass is 10.1. The number of nitrogens with zero attached hydrogens (tertiary/aromatic N) is 2. The Balaban J connectivity index is 1.78. The summed E-state index contributed by atoms with van der Waals surface area (Å²) < 4.78 is 0.353. The number of benzene rings is 2. The second kappa shape index (κ2) is 8.80. The molecule has 1 saturated heterocycles. The van der Waals surface area contributed by atoms with E-state index in [0.29, 0.717) is 26.0 Å². The van der Waals surface area contributed by atoms with Gasteiger partial charge >= 0.3 is 5.97 Å². The third kappa shape index (κ3) is 4.76. The molecule has 0 spiro atoms. The number of thioether (sulfide) groups is 1. The van der Waals surface area contributed by atoms with Crippen molar-refractivity contribution < 1.29 is 19.6 Å². The molecule has 146 valence electrons. The number of carbonyl (C=O) groups is 2. The quantitative estimate of drug-likeness (QED) is 0.320. The topological polar surface area (TPSA) is 101 Å². The number of allylic oxidation sites excluding steroid dienone is 2. The molecule has 0 aromatic heterocycles. The van der Waals surface area contributed by atoms with E-state index in [-0.39, 0.29) is 18.0 Å². The third-order valence-electron chi connectivity index (χ3n) is 4.00. The maximum absolute atomic E-state index is 12.7. The first-order chi connectivity index (χ1) is 13.9. The van der Waals surface area contributed by atoms with Crippen LogP contribution in [-0.4, -0.2) is 26.2 Å². The van der Waals surface area contributed by atoms with Crippen molar-refractivity contribution in [2.24, 2.45) is 0 Å². The maximum atomic E-state index is 12.7. The van der Waals surface area contributed by atoms with Crippen molar-refractivity contribution in [1.29, 1.82) is 0 Å². The number of hydrogen-bond acceptors (Lipinski definition) is 6. The first kappa shape index (κ1) is 20.4. The molecule has 29 heavy (non-hydrogen) atoms. The highest BCUT2D eigenvalue weighted by molar-refractivity contribution is 8.27. The molecular weight excluding hydrogens is 412 g/mol. The smallest absolute Gasteiger partial charge is 0.307 e. The zero-order valence-electron chi connectivity index (χ0n) is 14.8. The van der Waals surface area contributed by atoms with Crippen molar-refractivity contribution in [2.45, 2.75) is 6.42 Å². The van der Waals surface area contributed by atoms with E-state index in [2.05, 4.69) is 0 Å². The molecule has 2 aromatic rings. The molecule has 1 amide bonds. The fourth-order valence-corrected chi connectivity index (χ4v) is 3.93. The van der Waals surface area contributed by atoms with E-state index in [1.807, 2.05) is 0 Å². The van der Waals surface area contributed by atoms with E-state index in [9.17, 15) is 19.7 Å². The molecule has 1 aliphatic rings. The highest BCUT2D eigenvalue weighted by atomic mass is 32.2. The van der Waals surface area contributed by atoms with Gasteiger partial charge in [0, 0.05) is 6.07 Å². The molecule has 1 N–H and O–H groups in total. The van der Waals surface area contributed by atoms with Crippen molar-refractivity contribution >= 4 is 57.6 Å². The Hall–Kier alpha value is -3.30. The van der Waals surface area contributed by atoms with Crippen LogP contribution in [0.15, 0.2) is 65.6 Å². The monoisotopic (exact) mass is 426 g/mol. The summed E-state index contributed by atoms with van der Waals surface area (Å²) in [6.07, 6.45) is 4.60. The lowest BCUT2D eigenvalue weighted by molar-refractivity contribution is -0.385. The maximum Gasteiger partial charge on any atom is 0.307 e. The van der Waals surface area contributed by atoms with Gasteiger partial charge in [-0.05, 0) is 35.9 Å². The Morgan fingerprint density at radius 2 is 1.90 bits per heavy atom. The van der Waals surface area contributed by atoms with Crippen LogP contribution in [0.2, 0.25) is 0 Å². The summed E-state index contributed by atoms with van der Waals surface area (Å²) in [4.78, 5) is 35.8. The fourth-order valence-electron chi connectivity index (χ4n) is 2.68. The highest BCUT2D eigenvalue weighted by Crippen LogP contribution is 2.35. The zero-order chi connectivity index (χ0) is 21.0. The summed E-state index contributed by atoms with van der Waals surface area (Å²) in [6.45, 7) is 0. The van der Waals surface area contributed by atoms with Gasteiger partial charge in [0.1, 0.15) is 0 Å². The highest BCUT2D eigenvalue weighted by Gasteiger charge is 2.32. The molecule has 1 aliphatic heterocycles. The molecule has 1 fully saturated rings. The third-order valence-corrected chi connectivity index (χ3v) is 5.32. The minimum Gasteiger partial charge on any atom is -0.481 e. The predicted octanol–water partition coefficient (Wildman–Crippen LogP) is 4.18. The summed E-state index contributed by atoms with van der Waals surface area (Å²) in [7, 11) is 0. The molecule has 3 rings (SSSR count). The number of carboxylic acids is 1. The van der Waals surface area contributed by atoms with Gasteiger partial charge in [0.25, 0.3) is 11.6 Å². The molecule has 0 bridgehead atoms. The van der Waals surface area contributed by atoms with Crippen molar-refractivity contribution in [3.05, 3.63) is 86.8 Å². The van der Waals surface area contributed by atoms with E-state index < -0.39 is 10.9 Å². The van der Waals surface area contributed by atoms with E-state index in [0.717, 1.165) is 11.8 Å². The number of nitro groups is 1. The first-order valence-electron chi connectivity index (χ1n) is 8.35. The number of carboxylic acid groups (broad SMARTS) is 1. The van der Waals surface area contributed by atoms with Crippen LogP contribution in [0.3, 0.4) is 0 Å². The Morgan fingerprint density at radius 1 is 1.21 bits per heavy atom. The van der Waals surface area contributed by atoms with Crippen LogP contribution in [0, 0.1) is 10.1 Å². The Morgan fingerprint density at radius 3 is 2.55 bits per heavy atom. The molecule has 0 aliphatic carbocycles. The van der Waals surface area contributed by atoms with Gasteiger partial charge in [0.15, 0.2) is 4.32 Å². The van der Waals surface area contributed by atoms with Crippen LogP contribution in [0.5, 0.6) is 0 Å². The van der Waals surface area contributed by atoms with E-state index >= 15 is 0 Å². The van der Waals surface area contributed by atoms with Crippen LogP contribution in [-0.2, 0) is 16.0 Å². The number of rotatable bonds is 6. The number of carbonyl (C=O) groups excluding carboxylic acids is 1. The van der Waals surface area contributed by atoms with E-state index in [1.54, 1.807) is 60.7 Å². The number of hydrogen-bond donors (Lipinski definition) is 1. The Labute approximate surface area is 175 Å². The Kier molecular flexibility index (Phi) is 6.20. The van der Waals surface area contributed by atoms with Gasteiger partial charge in [0.05, 0.1) is 27.5 Å². The average molecular weight is 426 g/mol. The summed E-state index contributed by atoms with van der Waals surface area (Å²) in [6, 6.07) is 12.9. The first-order valence-corrected chi connectivity index (χ1v) is 9.58. The van der Waals surface area contributed by atoms with Crippen LogP contribution >= 0.6 is 24.0 Å². The van der Waals surface area contributed by atoms with Crippen LogP contribution in [0.25, 0.3) is 6.08 Å². The van der Waals surface area contributed by atoms with Crippen LogP contribution in [0.1, 0.15) is 11.1 Å². The van der Waals surface area contributed by atoms with Gasteiger partial charge in [0.2, 0.25) is 0 Å². The normalized spacial score (nSPS) is 15.4. The molecule has 2 aromatic carbocycles. The molecule has 9 heteroatoms. The molecular formula is C20H14N2O5S2. The van der Waals surface area contributed by atoms with Gasteiger partial charge < -0.3 is 5.11 Å². The van der Waals surface area contributed by atoms with Gasteiger partial charge in [-0.3, -0.25) is 24.6 Å². The Bertz CT molecular complexity index is 1060. The molecule has 0 radical (unpaired) electrons. The fraction of sp³-hybridized carbons (Fsp3) is 0.0500. The lowest BCUT2D eigenvalue weighted by Crippen LogP contribution is -2.27. The van der Waals surface area contributed by atoms with Gasteiger partial charge in [-0.1, -0.05) is 54.3 Å². The molecule has 1 heterocycles. The van der Waals surface area contributed by atoms with Gasteiger partial charge in [-0.25, -0.2) is 0 Å². The standard InChI is InChI=1S/C20H14N2O5S2/c23-18(24)12-13-8-10-15(11-9-13)21-19(25)17(29-20(21)28)7-3-5-14-4-1-2-6-16(14)22(26)27/h1-11H,12H2,(H,23,24)/b5-3+,17-7-. The average Bonchev–Trinajstić information content (AvgIpc) is 2.96. The van der Waals surface area contributed by atoms with Crippen molar-refractivity contribution in [3.63, 3.8) is 0 Å². The summed E-state index contributed by atoms with van der Waals surface area (Å²) in [5.74, 6) is -1.24. The lowest BCUT2D eigenvalue weighted by Gasteiger charge is -2.14. The van der Waals surface area contributed by atoms with Crippen molar-refractivity contribution in [3.8, 4) is 0 Å². The van der Waals surface area contributed by atoms with E-state index in [4.69, 9.17) is 17.3 Å². The van der Waals surface area contributed by atoms with Crippen LogP contribution < -0.4 is 4.90 Å². The van der Waals surface area contributed by atoms with E-state index in [1.165, 1.54) is 11.0 Å². The number of amides is 1. The molecule has 7 nitrogen and oxygen atoms in total. The SMILES string of the molecule is O=C(O)Cc1ccc(N2C(=O)/C(=C/C=C/c3ccccc3[N+](=O)[O-])SC2=S)cc1. The second-order valence-corrected chi connectivity index (χ2v) is 7.63. The number of para-hydroxylation sites is 1. The summed E-state index contributed by atoms with van der Waals surface area (Å²) in [5.41, 5.74) is 1.58. The number of thiocarbonyl (C=S) groups is 1. The van der Waals surface area contributed by atoms with Crippen LogP contribution in [0.4, 0.5) is 11.4 Å². The van der Waals surface area contributed by atoms with Crippen molar-refractivity contribution in [1.82, 2.24) is 0 Å². The second-order valence-electron chi connectivity index (χ2n) is 5.95.